The number of carbonyl (C=O) groups excluding carboxylic acids is 2. The second-order valence-electron chi connectivity index (χ2n) is 8.87. The molecule has 2 amide bonds. The smallest absolute Gasteiger partial charge is 0.266 e. The minimum absolute atomic E-state index is 0.0391. The van der Waals surface area contributed by atoms with E-state index in [-0.39, 0.29) is 23.9 Å². The van der Waals surface area contributed by atoms with Gasteiger partial charge in [-0.2, -0.15) is 0 Å². The molecule has 33 heavy (non-hydrogen) atoms. The summed E-state index contributed by atoms with van der Waals surface area (Å²) in [6.07, 6.45) is 3.52. The SMILES string of the molecule is Cc1cc(Br)cc(C)c1NC(=O)c1sc2ncn(CC(=O)N3CCCC(C)C3)c(=O)c2c1C. The lowest BCUT2D eigenvalue weighted by atomic mass is 10.0. The molecule has 4 rings (SSSR count). The highest BCUT2D eigenvalue weighted by molar-refractivity contribution is 9.10. The summed E-state index contributed by atoms with van der Waals surface area (Å²) in [5.41, 5.74) is 2.94. The first kappa shape index (κ1) is 23.6. The number of fused-ring (bicyclic) bond motifs is 1. The van der Waals surface area contributed by atoms with Crippen LogP contribution in [0.3, 0.4) is 0 Å². The summed E-state index contributed by atoms with van der Waals surface area (Å²) in [5.74, 6) is 0.128. The maximum atomic E-state index is 13.2. The molecule has 1 N–H and O–H groups in total. The highest BCUT2D eigenvalue weighted by Gasteiger charge is 2.24. The zero-order valence-electron chi connectivity index (χ0n) is 19.2. The lowest BCUT2D eigenvalue weighted by Crippen LogP contribution is -2.42. The molecule has 1 atom stereocenters. The molecule has 2 aromatic heterocycles. The third-order valence-corrected chi connectivity index (χ3v) is 7.83. The number of carbonyl (C=O) groups is 2. The van der Waals surface area contributed by atoms with Crippen LogP contribution in [0.15, 0.2) is 27.7 Å². The fraction of sp³-hybridized carbons (Fsp3) is 0.417. The predicted octanol–water partition coefficient (Wildman–Crippen LogP) is 4.66. The topological polar surface area (TPSA) is 84.3 Å². The van der Waals surface area contributed by atoms with Gasteiger partial charge in [0.15, 0.2) is 0 Å². The number of thiophene rings is 1. The first-order valence-corrected chi connectivity index (χ1v) is 12.6. The van der Waals surface area contributed by atoms with E-state index in [4.69, 9.17) is 0 Å². The number of amides is 2. The fourth-order valence-electron chi connectivity index (χ4n) is 4.43. The normalized spacial score (nSPS) is 16.3. The molecule has 0 radical (unpaired) electrons. The van der Waals surface area contributed by atoms with E-state index in [0.29, 0.717) is 26.6 Å². The van der Waals surface area contributed by atoms with Gasteiger partial charge in [-0.3, -0.25) is 19.0 Å². The largest absolute Gasteiger partial charge is 0.341 e. The molecule has 1 aliphatic heterocycles. The highest BCUT2D eigenvalue weighted by Crippen LogP contribution is 2.30. The molecule has 0 spiro atoms. The summed E-state index contributed by atoms with van der Waals surface area (Å²) in [4.78, 5) is 46.2. The lowest BCUT2D eigenvalue weighted by Gasteiger charge is -2.31. The first-order chi connectivity index (χ1) is 15.7. The zero-order chi connectivity index (χ0) is 23.9. The van der Waals surface area contributed by atoms with Crippen molar-refractivity contribution in [1.82, 2.24) is 14.5 Å². The van der Waals surface area contributed by atoms with Crippen LogP contribution < -0.4 is 10.9 Å². The van der Waals surface area contributed by atoms with Gasteiger partial charge in [0.05, 0.1) is 16.6 Å². The van der Waals surface area contributed by atoms with E-state index in [0.717, 1.165) is 47.2 Å². The van der Waals surface area contributed by atoms with Crippen LogP contribution in [0.4, 0.5) is 5.69 Å². The Hall–Kier alpha value is -2.52. The van der Waals surface area contributed by atoms with Crippen molar-refractivity contribution in [3.05, 3.63) is 54.9 Å². The number of hydrogen-bond donors (Lipinski definition) is 1. The Kier molecular flexibility index (Phi) is 6.72. The van der Waals surface area contributed by atoms with Crippen LogP contribution in [-0.2, 0) is 11.3 Å². The monoisotopic (exact) mass is 530 g/mol. The molecular formula is C24H27BrN4O3S. The number of piperidine rings is 1. The van der Waals surface area contributed by atoms with Gasteiger partial charge < -0.3 is 10.2 Å². The Morgan fingerprint density at radius 3 is 2.61 bits per heavy atom. The lowest BCUT2D eigenvalue weighted by molar-refractivity contribution is -0.133. The van der Waals surface area contributed by atoms with E-state index < -0.39 is 0 Å². The molecule has 1 aliphatic rings. The Morgan fingerprint density at radius 1 is 1.24 bits per heavy atom. The molecule has 0 saturated carbocycles. The second-order valence-corrected chi connectivity index (χ2v) is 10.8. The molecule has 3 heterocycles. The van der Waals surface area contributed by atoms with Crippen molar-refractivity contribution >= 4 is 55.0 Å². The number of anilines is 1. The van der Waals surface area contributed by atoms with Gasteiger partial charge in [0, 0.05) is 23.2 Å². The van der Waals surface area contributed by atoms with Crippen molar-refractivity contribution in [2.75, 3.05) is 18.4 Å². The number of rotatable bonds is 4. The van der Waals surface area contributed by atoms with Gasteiger partial charge in [-0.05, 0) is 68.4 Å². The molecule has 0 bridgehead atoms. The molecule has 1 unspecified atom stereocenters. The quantitative estimate of drug-likeness (QED) is 0.531. The average molecular weight is 531 g/mol. The number of hydrogen-bond acceptors (Lipinski definition) is 5. The van der Waals surface area contributed by atoms with Crippen LogP contribution >= 0.6 is 27.3 Å². The van der Waals surface area contributed by atoms with Crippen LogP contribution in [0.25, 0.3) is 10.2 Å². The summed E-state index contributed by atoms with van der Waals surface area (Å²) in [5, 5.41) is 3.39. The molecule has 0 aliphatic carbocycles. The highest BCUT2D eigenvalue weighted by atomic mass is 79.9. The van der Waals surface area contributed by atoms with E-state index >= 15 is 0 Å². The van der Waals surface area contributed by atoms with Crippen molar-refractivity contribution in [2.24, 2.45) is 5.92 Å². The van der Waals surface area contributed by atoms with Gasteiger partial charge in [-0.15, -0.1) is 11.3 Å². The molecule has 3 aromatic rings. The van der Waals surface area contributed by atoms with Crippen LogP contribution in [0.1, 0.15) is 46.1 Å². The van der Waals surface area contributed by atoms with Gasteiger partial charge in [0.1, 0.15) is 11.4 Å². The number of aromatic nitrogens is 2. The van der Waals surface area contributed by atoms with Gasteiger partial charge in [0.25, 0.3) is 11.5 Å². The standard InChI is InChI=1S/C24H27BrN4O3S/c1-13-6-5-7-28(10-13)18(30)11-29-12-26-23-19(24(29)32)16(4)21(33-23)22(31)27-20-14(2)8-17(25)9-15(20)3/h8-9,12-13H,5-7,10-11H2,1-4H3,(H,27,31). The minimum Gasteiger partial charge on any atom is -0.341 e. The van der Waals surface area contributed by atoms with Gasteiger partial charge >= 0.3 is 0 Å². The summed E-state index contributed by atoms with van der Waals surface area (Å²) < 4.78 is 2.31. The Balaban J connectivity index is 1.61. The summed E-state index contributed by atoms with van der Waals surface area (Å²) >= 11 is 4.67. The van der Waals surface area contributed by atoms with Crippen LogP contribution in [0, 0.1) is 26.7 Å². The number of aryl methyl sites for hydroxylation is 3. The first-order valence-electron chi connectivity index (χ1n) is 11.0. The molecule has 174 valence electrons. The van der Waals surface area contributed by atoms with Crippen molar-refractivity contribution in [3.8, 4) is 0 Å². The predicted molar refractivity (Wildman–Crippen MR) is 135 cm³/mol. The third kappa shape index (κ3) is 4.75. The number of benzene rings is 1. The number of nitrogens with zero attached hydrogens (tertiary/aromatic N) is 3. The second kappa shape index (κ2) is 9.38. The average Bonchev–Trinajstić information content (AvgIpc) is 3.09. The maximum absolute atomic E-state index is 13.2. The van der Waals surface area contributed by atoms with E-state index in [1.807, 2.05) is 30.9 Å². The van der Waals surface area contributed by atoms with Gasteiger partial charge in [-0.1, -0.05) is 22.9 Å². The molecule has 7 nitrogen and oxygen atoms in total. The van der Waals surface area contributed by atoms with Crippen molar-refractivity contribution < 1.29 is 9.59 Å². The van der Waals surface area contributed by atoms with Crippen LogP contribution in [0.2, 0.25) is 0 Å². The number of nitrogens with one attached hydrogen (secondary N) is 1. The van der Waals surface area contributed by atoms with Crippen LogP contribution in [0.5, 0.6) is 0 Å². The van der Waals surface area contributed by atoms with Crippen LogP contribution in [-0.4, -0.2) is 39.4 Å². The zero-order valence-corrected chi connectivity index (χ0v) is 21.6. The molecule has 1 saturated heterocycles. The molecule has 1 aromatic carbocycles. The number of likely N-dealkylation sites (tertiary alicyclic amines) is 1. The fourth-order valence-corrected chi connectivity index (χ4v) is 6.15. The van der Waals surface area contributed by atoms with E-state index in [2.05, 4.69) is 33.2 Å². The summed E-state index contributed by atoms with van der Waals surface area (Å²) in [6.45, 7) is 9.18. The Bertz CT molecular complexity index is 1290. The summed E-state index contributed by atoms with van der Waals surface area (Å²) in [6, 6.07) is 3.89. The van der Waals surface area contributed by atoms with E-state index in [1.165, 1.54) is 22.2 Å². The maximum Gasteiger partial charge on any atom is 0.266 e. The Labute approximate surface area is 204 Å². The van der Waals surface area contributed by atoms with Crippen molar-refractivity contribution in [2.45, 2.75) is 47.1 Å². The van der Waals surface area contributed by atoms with E-state index in [9.17, 15) is 14.4 Å². The van der Waals surface area contributed by atoms with Crippen molar-refractivity contribution in [3.63, 3.8) is 0 Å². The Morgan fingerprint density at radius 2 is 1.94 bits per heavy atom. The summed E-state index contributed by atoms with van der Waals surface area (Å²) in [7, 11) is 0. The molecule has 1 fully saturated rings. The molecular weight excluding hydrogens is 504 g/mol. The minimum atomic E-state index is -0.290. The van der Waals surface area contributed by atoms with E-state index in [1.54, 1.807) is 6.92 Å². The third-order valence-electron chi connectivity index (χ3n) is 6.17. The number of halogens is 1. The van der Waals surface area contributed by atoms with Crippen molar-refractivity contribution in [1.29, 1.82) is 0 Å². The molecule has 9 heteroatoms. The van der Waals surface area contributed by atoms with Gasteiger partial charge in [0.2, 0.25) is 5.91 Å². The van der Waals surface area contributed by atoms with Gasteiger partial charge in [-0.25, -0.2) is 4.98 Å².